The van der Waals surface area contributed by atoms with Gasteiger partial charge in [-0.2, -0.15) is 0 Å². The molecule has 0 aromatic heterocycles. The van der Waals surface area contributed by atoms with Crippen LogP contribution in [0.3, 0.4) is 0 Å². The van der Waals surface area contributed by atoms with Crippen molar-refractivity contribution in [2.75, 3.05) is 7.05 Å². The van der Waals surface area contributed by atoms with Gasteiger partial charge in [0, 0.05) is 18.1 Å². The molecule has 0 spiro atoms. The van der Waals surface area contributed by atoms with Crippen LogP contribution in [-0.4, -0.2) is 41.8 Å². The van der Waals surface area contributed by atoms with Crippen LogP contribution in [0.4, 0.5) is 4.79 Å². The number of ether oxygens (including phenoxy) is 1. The Bertz CT molecular complexity index is 333. The van der Waals surface area contributed by atoms with Crippen molar-refractivity contribution in [1.29, 1.82) is 0 Å². The number of nitrogens with zero attached hydrogens (tertiary/aromatic N) is 1. The lowest BCUT2D eigenvalue weighted by atomic mass is 9.82. The molecule has 1 amide bonds. The molecule has 4 heteroatoms. The Hall–Kier alpha value is -0.770. The fourth-order valence-corrected chi connectivity index (χ4v) is 4.00. The van der Waals surface area contributed by atoms with Crippen LogP contribution in [0.25, 0.3) is 0 Å². The zero-order chi connectivity index (χ0) is 14.4. The molecule has 0 aromatic carbocycles. The van der Waals surface area contributed by atoms with Gasteiger partial charge < -0.3 is 15.0 Å². The average Bonchev–Trinajstić information content (AvgIpc) is 2.63. The Kier molecular flexibility index (Phi) is 3.83. The van der Waals surface area contributed by atoms with Gasteiger partial charge in [-0.25, -0.2) is 4.79 Å². The molecule has 2 fully saturated rings. The van der Waals surface area contributed by atoms with Gasteiger partial charge in [-0.05, 0) is 66.3 Å². The lowest BCUT2D eigenvalue weighted by Crippen LogP contribution is -2.61. The summed E-state index contributed by atoms with van der Waals surface area (Å²) in [6.07, 6.45) is 2.26. The monoisotopic (exact) mass is 268 g/mol. The molecule has 2 bridgehead atoms. The average molecular weight is 268 g/mol. The molecule has 2 aliphatic rings. The van der Waals surface area contributed by atoms with Crippen LogP contribution in [0.1, 0.15) is 47.5 Å². The molecule has 4 nitrogen and oxygen atoms in total. The molecule has 1 N–H and O–H groups in total. The summed E-state index contributed by atoms with van der Waals surface area (Å²) in [5.74, 6) is 1.11. The summed E-state index contributed by atoms with van der Waals surface area (Å²) in [5.41, 5.74) is -0.421. The first-order chi connectivity index (χ1) is 8.76. The SMILES string of the molecule is CNC1[C@H]2CC[C@@H]1C(C)N(C(=O)OC(C)(C)C)C2C. The number of piperidine rings is 1. The minimum absolute atomic E-state index is 0.154. The number of amides is 1. The van der Waals surface area contributed by atoms with Crippen LogP contribution in [0, 0.1) is 11.8 Å². The number of carbonyl (C=O) groups is 1. The first-order valence-electron chi connectivity index (χ1n) is 7.45. The van der Waals surface area contributed by atoms with Gasteiger partial charge in [-0.3, -0.25) is 0 Å². The number of hydrogen-bond acceptors (Lipinski definition) is 3. The van der Waals surface area contributed by atoms with E-state index in [9.17, 15) is 4.79 Å². The van der Waals surface area contributed by atoms with Gasteiger partial charge in [-0.1, -0.05) is 0 Å². The van der Waals surface area contributed by atoms with Crippen molar-refractivity contribution in [1.82, 2.24) is 10.2 Å². The molecule has 1 aliphatic carbocycles. The maximum absolute atomic E-state index is 12.4. The summed E-state index contributed by atoms with van der Waals surface area (Å²) in [5, 5.41) is 3.46. The van der Waals surface area contributed by atoms with E-state index in [0.717, 1.165) is 0 Å². The Balaban J connectivity index is 2.17. The van der Waals surface area contributed by atoms with E-state index in [0.29, 0.717) is 17.9 Å². The molecule has 0 aromatic rings. The van der Waals surface area contributed by atoms with Crippen molar-refractivity contribution in [3.63, 3.8) is 0 Å². The molecule has 1 heterocycles. The summed E-state index contributed by atoms with van der Waals surface area (Å²) < 4.78 is 5.58. The molecule has 1 aliphatic heterocycles. The Labute approximate surface area is 116 Å². The number of rotatable bonds is 1. The number of hydrogen-bond donors (Lipinski definition) is 1. The predicted octanol–water partition coefficient (Wildman–Crippen LogP) is 2.63. The van der Waals surface area contributed by atoms with Crippen LogP contribution in [-0.2, 0) is 4.74 Å². The molecule has 19 heavy (non-hydrogen) atoms. The van der Waals surface area contributed by atoms with E-state index in [-0.39, 0.29) is 18.2 Å². The van der Waals surface area contributed by atoms with Gasteiger partial charge in [0.25, 0.3) is 0 Å². The van der Waals surface area contributed by atoms with Crippen molar-refractivity contribution in [2.24, 2.45) is 11.8 Å². The number of fused-ring (bicyclic) bond motifs is 2. The Morgan fingerprint density at radius 2 is 1.63 bits per heavy atom. The summed E-state index contributed by atoms with van der Waals surface area (Å²) >= 11 is 0. The third-order valence-electron chi connectivity index (χ3n) is 4.81. The summed E-state index contributed by atoms with van der Waals surface area (Å²) in [6.45, 7) is 10.1. The molecule has 0 radical (unpaired) electrons. The molecule has 1 saturated heterocycles. The highest BCUT2D eigenvalue weighted by Crippen LogP contribution is 2.44. The standard InChI is InChI=1S/C15H28N2O2/c1-9-11-7-8-12(13(11)16-6)10(2)17(9)14(18)19-15(3,4)5/h9-13,16H,7-8H2,1-6H3/t9?,10?,11-,12+,13?. The second kappa shape index (κ2) is 4.97. The minimum Gasteiger partial charge on any atom is -0.444 e. The second-order valence-electron chi connectivity index (χ2n) is 7.09. The topological polar surface area (TPSA) is 41.6 Å². The van der Waals surface area contributed by atoms with Gasteiger partial charge in [0.2, 0.25) is 0 Å². The van der Waals surface area contributed by atoms with E-state index in [1.165, 1.54) is 12.8 Å². The van der Waals surface area contributed by atoms with Crippen molar-refractivity contribution < 1.29 is 9.53 Å². The summed E-state index contributed by atoms with van der Waals surface area (Å²) in [4.78, 5) is 14.4. The quantitative estimate of drug-likeness (QED) is 0.795. The first-order valence-corrected chi connectivity index (χ1v) is 7.45. The summed E-state index contributed by atoms with van der Waals surface area (Å²) in [7, 11) is 2.04. The normalized spacial score (nSPS) is 38.4. The minimum atomic E-state index is -0.421. The number of nitrogens with one attached hydrogen (secondary N) is 1. The van der Waals surface area contributed by atoms with Crippen molar-refractivity contribution >= 4 is 6.09 Å². The zero-order valence-electron chi connectivity index (χ0n) is 13.1. The number of likely N-dealkylation sites (tertiary alicyclic amines) is 1. The largest absolute Gasteiger partial charge is 0.444 e. The molecule has 3 unspecified atom stereocenters. The van der Waals surface area contributed by atoms with Crippen LogP contribution >= 0.6 is 0 Å². The molecular formula is C15H28N2O2. The van der Waals surface area contributed by atoms with Crippen LogP contribution in [0.5, 0.6) is 0 Å². The molecule has 1 saturated carbocycles. The van der Waals surface area contributed by atoms with Crippen molar-refractivity contribution in [2.45, 2.75) is 71.2 Å². The van der Waals surface area contributed by atoms with Gasteiger partial charge in [-0.15, -0.1) is 0 Å². The fraction of sp³-hybridized carbons (Fsp3) is 0.933. The lowest BCUT2D eigenvalue weighted by molar-refractivity contribution is -0.0219. The van der Waals surface area contributed by atoms with Crippen molar-refractivity contribution in [3.8, 4) is 0 Å². The van der Waals surface area contributed by atoms with E-state index in [1.54, 1.807) is 0 Å². The highest BCUT2D eigenvalue weighted by atomic mass is 16.6. The number of carbonyl (C=O) groups excluding carboxylic acids is 1. The second-order valence-corrected chi connectivity index (χ2v) is 7.09. The Morgan fingerprint density at radius 1 is 1.16 bits per heavy atom. The smallest absolute Gasteiger partial charge is 0.410 e. The van der Waals surface area contributed by atoms with Crippen LogP contribution in [0.2, 0.25) is 0 Å². The first kappa shape index (κ1) is 14.6. The zero-order valence-corrected chi connectivity index (χ0v) is 13.1. The lowest BCUT2D eigenvalue weighted by Gasteiger charge is -2.47. The van der Waals surface area contributed by atoms with E-state index in [2.05, 4.69) is 19.2 Å². The molecular weight excluding hydrogens is 240 g/mol. The summed E-state index contributed by atoms with van der Waals surface area (Å²) in [6, 6.07) is 1.05. The third kappa shape index (κ3) is 2.60. The van der Waals surface area contributed by atoms with Gasteiger partial charge in [0.05, 0.1) is 0 Å². The highest BCUT2D eigenvalue weighted by molar-refractivity contribution is 5.69. The fourth-order valence-electron chi connectivity index (χ4n) is 4.00. The third-order valence-corrected chi connectivity index (χ3v) is 4.81. The van der Waals surface area contributed by atoms with E-state index < -0.39 is 5.60 Å². The van der Waals surface area contributed by atoms with Crippen molar-refractivity contribution in [3.05, 3.63) is 0 Å². The Morgan fingerprint density at radius 3 is 2.00 bits per heavy atom. The highest BCUT2D eigenvalue weighted by Gasteiger charge is 2.51. The maximum atomic E-state index is 12.4. The van der Waals surface area contributed by atoms with E-state index in [4.69, 9.17) is 4.74 Å². The van der Waals surface area contributed by atoms with Gasteiger partial charge in [0.15, 0.2) is 0 Å². The van der Waals surface area contributed by atoms with Crippen LogP contribution < -0.4 is 5.32 Å². The van der Waals surface area contributed by atoms with E-state index >= 15 is 0 Å². The predicted molar refractivity (Wildman–Crippen MR) is 76.1 cm³/mol. The van der Waals surface area contributed by atoms with Gasteiger partial charge >= 0.3 is 6.09 Å². The van der Waals surface area contributed by atoms with Gasteiger partial charge in [0.1, 0.15) is 5.60 Å². The van der Waals surface area contributed by atoms with Crippen LogP contribution in [0.15, 0.2) is 0 Å². The molecule has 5 atom stereocenters. The maximum Gasteiger partial charge on any atom is 0.410 e. The molecule has 2 rings (SSSR count). The molecule has 110 valence electrons. The van der Waals surface area contributed by atoms with E-state index in [1.807, 2.05) is 32.7 Å².